The molecule has 0 radical (unpaired) electrons. The van der Waals surface area contributed by atoms with Gasteiger partial charge in [0.1, 0.15) is 16.1 Å². The minimum absolute atomic E-state index is 0.0235. The maximum absolute atomic E-state index is 14.0. The number of piperidine rings is 3. The second-order valence-electron chi connectivity index (χ2n) is 12.7. The van der Waals surface area contributed by atoms with Crippen LogP contribution in [0, 0.1) is 11.1 Å². The Kier molecular flexibility index (Phi) is 10.7. The molecule has 0 saturated carbocycles. The van der Waals surface area contributed by atoms with Gasteiger partial charge in [-0.05, 0) is 85.3 Å². The van der Waals surface area contributed by atoms with Crippen LogP contribution in [0.5, 0.6) is 23.0 Å². The summed E-state index contributed by atoms with van der Waals surface area (Å²) in [5.74, 6) is -1.76. The number of pyridine rings is 1. The number of phenolic OH excluding ortho intramolecular Hbond substituents is 2. The van der Waals surface area contributed by atoms with Gasteiger partial charge in [-0.3, -0.25) is 9.80 Å². The number of aromatic hydroxyl groups is 2. The zero-order valence-electron chi connectivity index (χ0n) is 27.9. The number of methoxy groups -OCH3 is 2. The van der Waals surface area contributed by atoms with E-state index >= 15 is 0 Å². The second kappa shape index (κ2) is 15.1. The summed E-state index contributed by atoms with van der Waals surface area (Å²) in [5.41, 5.74) is 1.89. The third-order valence-electron chi connectivity index (χ3n) is 9.69. The van der Waals surface area contributed by atoms with Gasteiger partial charge in [0, 0.05) is 18.0 Å². The lowest BCUT2D eigenvalue weighted by molar-refractivity contribution is -0.605. The molecule has 12 nitrogen and oxygen atoms in total. The molecular weight excluding hydrogens is 701 g/mol. The molecule has 3 aliphatic rings. The predicted octanol–water partition coefficient (Wildman–Crippen LogP) is 6.37. The van der Waals surface area contributed by atoms with Crippen molar-refractivity contribution in [2.45, 2.75) is 37.8 Å². The Morgan fingerprint density at radius 1 is 1.00 bits per heavy atom. The lowest BCUT2D eigenvalue weighted by Crippen LogP contribution is -2.53. The Balaban J connectivity index is 1.44. The topological polar surface area (TPSA) is 156 Å². The molecule has 1 aromatic heterocycles. The molecule has 3 saturated heterocycles. The number of nitrogens with zero attached hydrogens (tertiary/aromatic N) is 3. The number of ether oxygens (including phenoxy) is 3. The predicted molar refractivity (Wildman–Crippen MR) is 189 cm³/mol. The van der Waals surface area contributed by atoms with Crippen LogP contribution in [-0.4, -0.2) is 72.2 Å². The van der Waals surface area contributed by atoms with Crippen molar-refractivity contribution >= 4 is 41.0 Å². The molecule has 4 aromatic rings. The van der Waals surface area contributed by atoms with Gasteiger partial charge >= 0.3 is 12.1 Å². The Bertz CT molecular complexity index is 1930. The normalized spacial score (nSPS) is 18.5. The molecule has 0 spiro atoms. The number of carboxylic acids is 1. The molecule has 0 aliphatic carbocycles. The first-order valence-electron chi connectivity index (χ1n) is 16.3. The van der Waals surface area contributed by atoms with Crippen LogP contribution in [0.1, 0.15) is 51.4 Å². The Hall–Kier alpha value is -4.91. The summed E-state index contributed by atoms with van der Waals surface area (Å²) in [7, 11) is 2.98. The number of hydrogen-bond donors (Lipinski definition) is 3. The van der Waals surface area contributed by atoms with Gasteiger partial charge in [-0.25, -0.2) is 9.59 Å². The first-order chi connectivity index (χ1) is 24.5. The molecule has 2 atom stereocenters. The van der Waals surface area contributed by atoms with Crippen molar-refractivity contribution in [1.29, 1.82) is 0 Å². The van der Waals surface area contributed by atoms with Gasteiger partial charge in [-0.1, -0.05) is 47.5 Å². The number of rotatable bonds is 11. The Morgan fingerprint density at radius 3 is 2.33 bits per heavy atom. The van der Waals surface area contributed by atoms with Crippen LogP contribution in [0.3, 0.4) is 0 Å². The molecule has 4 heterocycles. The number of carbonyl (C=O) groups is 2. The molecule has 2 bridgehead atoms. The fourth-order valence-electron chi connectivity index (χ4n) is 7.01. The van der Waals surface area contributed by atoms with Gasteiger partial charge in [0.15, 0.2) is 35.4 Å². The summed E-state index contributed by atoms with van der Waals surface area (Å²) in [5, 5.41) is 43.9. The first kappa shape index (κ1) is 35.9. The van der Waals surface area contributed by atoms with Crippen LogP contribution in [0.15, 0.2) is 67.0 Å². The number of phenols is 2. The lowest BCUT2D eigenvalue weighted by atomic mass is 9.82. The quantitative estimate of drug-likeness (QED) is 0.0899. The molecule has 14 heteroatoms. The van der Waals surface area contributed by atoms with Crippen LogP contribution < -0.4 is 19.1 Å². The highest BCUT2D eigenvalue weighted by Gasteiger charge is 2.38. The third-order valence-corrected chi connectivity index (χ3v) is 10.3. The Morgan fingerprint density at radius 2 is 1.71 bits per heavy atom. The number of aromatic nitrogens is 1. The smallest absolute Gasteiger partial charge is 0.415 e. The average molecular weight is 739 g/mol. The van der Waals surface area contributed by atoms with Gasteiger partial charge in [-0.15, -0.1) is 0 Å². The van der Waals surface area contributed by atoms with Gasteiger partial charge in [0.2, 0.25) is 0 Å². The number of carbonyl (C=O) groups excluding carboxylic acids is 1. The van der Waals surface area contributed by atoms with E-state index in [1.54, 1.807) is 30.3 Å². The molecule has 3 aromatic carbocycles. The second-order valence-corrected chi connectivity index (χ2v) is 13.5. The van der Waals surface area contributed by atoms with Crippen LogP contribution in [0.25, 0.3) is 0 Å². The van der Waals surface area contributed by atoms with E-state index < -0.39 is 29.5 Å². The van der Waals surface area contributed by atoms with E-state index in [-0.39, 0.29) is 46.3 Å². The van der Waals surface area contributed by atoms with E-state index in [2.05, 4.69) is 4.90 Å². The van der Waals surface area contributed by atoms with E-state index in [9.17, 15) is 30.1 Å². The van der Waals surface area contributed by atoms with Gasteiger partial charge in [0.05, 0.1) is 32.0 Å². The number of carboxylic acid groups (broad SMARTS) is 1. The minimum atomic E-state index is -1.20. The summed E-state index contributed by atoms with van der Waals surface area (Å²) in [6.45, 7) is 2.36. The molecule has 268 valence electrons. The maximum Gasteiger partial charge on any atom is 0.415 e. The first-order valence-corrected chi connectivity index (χ1v) is 17.1. The monoisotopic (exact) mass is 737 g/mol. The average Bonchev–Trinajstić information content (AvgIpc) is 3.11. The molecule has 0 unspecified atom stereocenters. The van der Waals surface area contributed by atoms with Crippen molar-refractivity contribution in [2.24, 2.45) is 5.92 Å². The highest BCUT2D eigenvalue weighted by molar-refractivity contribution is 6.35. The van der Waals surface area contributed by atoms with Crippen molar-refractivity contribution in [3.63, 3.8) is 0 Å². The van der Waals surface area contributed by atoms with Crippen molar-refractivity contribution in [2.75, 3.05) is 38.8 Å². The van der Waals surface area contributed by atoms with Gasteiger partial charge in [0.25, 0.3) is 0 Å². The summed E-state index contributed by atoms with van der Waals surface area (Å²) >= 11 is 13.0. The number of aromatic carboxylic acids is 1. The zero-order valence-corrected chi connectivity index (χ0v) is 29.4. The van der Waals surface area contributed by atoms with E-state index in [1.807, 2.05) is 0 Å². The van der Waals surface area contributed by atoms with Crippen molar-refractivity contribution < 1.29 is 43.8 Å². The fourth-order valence-corrected chi connectivity index (χ4v) is 7.60. The number of hydrogen-bond acceptors (Lipinski definition) is 9. The SMILES string of the molecule is COc1ccc([C@H](Cc2c(Cl)c[n+]([O-])cc2Cl)c2cc(CN(C(=O)O[C@H]3CN4CCC3CC4)c3cccc(O)c3O)ccc2C(=O)O)cc1OC. The Labute approximate surface area is 304 Å². The summed E-state index contributed by atoms with van der Waals surface area (Å²) < 4.78 is 17.5. The number of para-hydroxylation sites is 1. The zero-order chi connectivity index (χ0) is 36.4. The molecule has 3 aliphatic heterocycles. The van der Waals surface area contributed by atoms with E-state index in [1.165, 1.54) is 55.8 Å². The van der Waals surface area contributed by atoms with Crippen LogP contribution in [0.2, 0.25) is 10.0 Å². The van der Waals surface area contributed by atoms with Crippen molar-refractivity contribution in [1.82, 2.24) is 4.90 Å². The highest BCUT2D eigenvalue weighted by atomic mass is 35.5. The number of benzene rings is 3. The number of amides is 1. The molecular formula is C37H37Cl2N3O9. The molecule has 51 heavy (non-hydrogen) atoms. The van der Waals surface area contributed by atoms with Crippen LogP contribution in [-0.2, 0) is 17.7 Å². The summed E-state index contributed by atoms with van der Waals surface area (Å²) in [4.78, 5) is 30.2. The van der Waals surface area contributed by atoms with E-state index in [0.29, 0.717) is 45.0 Å². The molecule has 3 N–H and O–H groups in total. The van der Waals surface area contributed by atoms with Crippen molar-refractivity contribution in [3.8, 4) is 23.0 Å². The lowest BCUT2D eigenvalue weighted by Gasteiger charge is -2.44. The van der Waals surface area contributed by atoms with E-state index in [4.69, 9.17) is 37.4 Å². The largest absolute Gasteiger partial charge is 0.619 e. The highest BCUT2D eigenvalue weighted by Crippen LogP contribution is 2.41. The third kappa shape index (κ3) is 7.58. The maximum atomic E-state index is 14.0. The summed E-state index contributed by atoms with van der Waals surface area (Å²) in [6.07, 6.45) is 3.19. The van der Waals surface area contributed by atoms with Crippen LogP contribution in [0.4, 0.5) is 10.5 Å². The number of anilines is 1. The fraction of sp³-hybridized carbons (Fsp3) is 0.324. The van der Waals surface area contributed by atoms with Crippen LogP contribution >= 0.6 is 23.2 Å². The molecule has 7 rings (SSSR count). The van der Waals surface area contributed by atoms with Gasteiger partial charge in [-0.2, -0.15) is 4.73 Å². The minimum Gasteiger partial charge on any atom is -0.619 e. The standard InChI is InChI=1S/C37H37Cl2N3O9/c1-49-32-9-7-23(15-33(32)50-2)25(16-27-28(38)18-41(48)19-29(27)39)26-14-21(6-8-24(26)36(45)46)17-42(30-4-3-5-31(43)35(30)44)37(47)51-34-20-40-12-10-22(34)11-13-40/h3-9,14-15,18-19,22,25,34,43-44H,10-13,16-17,20H2,1-2H3,(H,45,46)/t25-,34-/m0/s1. The van der Waals surface area contributed by atoms with E-state index in [0.717, 1.165) is 25.9 Å². The van der Waals surface area contributed by atoms with Crippen molar-refractivity contribution in [3.05, 3.63) is 110 Å². The number of halogens is 2. The van der Waals surface area contributed by atoms with Gasteiger partial charge < -0.3 is 34.7 Å². The molecule has 3 fully saturated rings. The summed E-state index contributed by atoms with van der Waals surface area (Å²) in [6, 6.07) is 14.2. The number of fused-ring (bicyclic) bond motifs is 3. The molecule has 1 amide bonds.